The van der Waals surface area contributed by atoms with Gasteiger partial charge in [-0.25, -0.2) is 0 Å². The van der Waals surface area contributed by atoms with Crippen LogP contribution >= 0.6 is 27.3 Å². The van der Waals surface area contributed by atoms with Crippen LogP contribution in [0.2, 0.25) is 0 Å². The number of rotatable bonds is 2. The molecule has 3 heteroatoms. The Bertz CT molecular complexity index is 325. The number of hydrogen-bond donors (Lipinski definition) is 0. The standard InChI is InChI=1S/C9H9BrOS/c1-6(3-7(2)11)9-4-8(10)5-12-9/h3-5H,1-2H3/b6-3-. The van der Waals surface area contributed by atoms with E-state index in [1.165, 1.54) is 0 Å². The van der Waals surface area contributed by atoms with E-state index in [2.05, 4.69) is 15.9 Å². The minimum absolute atomic E-state index is 0.0945. The van der Waals surface area contributed by atoms with Crippen molar-refractivity contribution < 1.29 is 4.79 Å². The van der Waals surface area contributed by atoms with E-state index in [0.717, 1.165) is 14.9 Å². The Labute approximate surface area is 84.2 Å². The van der Waals surface area contributed by atoms with Crippen molar-refractivity contribution in [2.45, 2.75) is 13.8 Å². The van der Waals surface area contributed by atoms with E-state index in [1.54, 1.807) is 24.3 Å². The van der Waals surface area contributed by atoms with Gasteiger partial charge in [0.15, 0.2) is 5.78 Å². The number of carbonyl (C=O) groups excluding carboxylic acids is 1. The number of ketones is 1. The monoisotopic (exact) mass is 244 g/mol. The molecule has 0 saturated heterocycles. The Morgan fingerprint density at radius 1 is 1.58 bits per heavy atom. The molecule has 64 valence electrons. The Balaban J connectivity index is 2.91. The molecule has 0 N–H and O–H groups in total. The Kier molecular flexibility index (Phi) is 3.23. The number of hydrogen-bond acceptors (Lipinski definition) is 2. The fourth-order valence-electron chi connectivity index (χ4n) is 0.896. The lowest BCUT2D eigenvalue weighted by Gasteiger charge is -1.92. The highest BCUT2D eigenvalue weighted by Crippen LogP contribution is 2.25. The molecule has 0 spiro atoms. The molecule has 0 aliphatic rings. The molecule has 0 aliphatic heterocycles. The maximum atomic E-state index is 10.8. The molecule has 0 atom stereocenters. The molecule has 0 bridgehead atoms. The Morgan fingerprint density at radius 2 is 2.25 bits per heavy atom. The molecule has 0 radical (unpaired) electrons. The molecular formula is C9H9BrOS. The van der Waals surface area contributed by atoms with Gasteiger partial charge in [0.25, 0.3) is 0 Å². The fourth-order valence-corrected chi connectivity index (χ4v) is 2.30. The summed E-state index contributed by atoms with van der Waals surface area (Å²) in [5.74, 6) is 0.0945. The minimum atomic E-state index is 0.0945. The van der Waals surface area contributed by atoms with Gasteiger partial charge < -0.3 is 0 Å². The maximum absolute atomic E-state index is 10.8. The molecule has 12 heavy (non-hydrogen) atoms. The van der Waals surface area contributed by atoms with Crippen LogP contribution in [0.15, 0.2) is 22.0 Å². The first-order valence-corrected chi connectivity index (χ1v) is 5.20. The highest BCUT2D eigenvalue weighted by Gasteiger charge is 1.99. The average molecular weight is 245 g/mol. The third-order valence-corrected chi connectivity index (χ3v) is 3.20. The first-order chi connectivity index (χ1) is 5.59. The Hall–Kier alpha value is -0.410. The second-order valence-electron chi connectivity index (χ2n) is 2.57. The second kappa shape index (κ2) is 4.01. The number of allylic oxidation sites excluding steroid dienone is 2. The molecular weight excluding hydrogens is 236 g/mol. The summed E-state index contributed by atoms with van der Waals surface area (Å²) in [5.41, 5.74) is 1.03. The highest BCUT2D eigenvalue weighted by atomic mass is 79.9. The zero-order chi connectivity index (χ0) is 9.14. The number of halogens is 1. The van der Waals surface area contributed by atoms with E-state index in [9.17, 15) is 4.79 Å². The predicted molar refractivity (Wildman–Crippen MR) is 56.4 cm³/mol. The van der Waals surface area contributed by atoms with Crippen molar-refractivity contribution in [3.63, 3.8) is 0 Å². The third kappa shape index (κ3) is 2.57. The normalized spacial score (nSPS) is 11.8. The molecule has 0 fully saturated rings. The lowest BCUT2D eigenvalue weighted by atomic mass is 10.2. The van der Waals surface area contributed by atoms with Gasteiger partial charge in [-0.1, -0.05) is 0 Å². The Morgan fingerprint density at radius 3 is 2.67 bits per heavy atom. The topological polar surface area (TPSA) is 17.1 Å². The summed E-state index contributed by atoms with van der Waals surface area (Å²) < 4.78 is 1.07. The van der Waals surface area contributed by atoms with Crippen LogP contribution < -0.4 is 0 Å². The van der Waals surface area contributed by atoms with Crippen LogP contribution in [0.4, 0.5) is 0 Å². The summed E-state index contributed by atoms with van der Waals surface area (Å²) in [6.45, 7) is 3.51. The van der Waals surface area contributed by atoms with Gasteiger partial charge in [-0.05, 0) is 47.5 Å². The lowest BCUT2D eigenvalue weighted by molar-refractivity contribution is -0.112. The van der Waals surface area contributed by atoms with Gasteiger partial charge in [0, 0.05) is 14.7 Å². The van der Waals surface area contributed by atoms with Crippen molar-refractivity contribution >= 4 is 38.6 Å². The van der Waals surface area contributed by atoms with E-state index >= 15 is 0 Å². The van der Waals surface area contributed by atoms with Crippen molar-refractivity contribution in [3.05, 3.63) is 26.9 Å². The van der Waals surface area contributed by atoms with E-state index in [0.29, 0.717) is 0 Å². The van der Waals surface area contributed by atoms with Crippen molar-refractivity contribution in [2.75, 3.05) is 0 Å². The molecule has 0 amide bonds. The second-order valence-corrected chi connectivity index (χ2v) is 4.39. The molecule has 0 aromatic carbocycles. The molecule has 0 saturated carbocycles. The largest absolute Gasteiger partial charge is 0.295 e. The van der Waals surface area contributed by atoms with E-state index in [4.69, 9.17) is 0 Å². The predicted octanol–water partition coefficient (Wildman–Crippen LogP) is 3.50. The van der Waals surface area contributed by atoms with Crippen molar-refractivity contribution in [2.24, 2.45) is 0 Å². The summed E-state index contributed by atoms with van der Waals surface area (Å²) in [4.78, 5) is 11.9. The van der Waals surface area contributed by atoms with Gasteiger partial charge >= 0.3 is 0 Å². The minimum Gasteiger partial charge on any atom is -0.295 e. The third-order valence-electron chi connectivity index (χ3n) is 1.38. The number of thiophene rings is 1. The lowest BCUT2D eigenvalue weighted by Crippen LogP contribution is -1.82. The van der Waals surface area contributed by atoms with Crippen molar-refractivity contribution in [3.8, 4) is 0 Å². The van der Waals surface area contributed by atoms with Crippen molar-refractivity contribution in [1.82, 2.24) is 0 Å². The van der Waals surface area contributed by atoms with Gasteiger partial charge in [0.05, 0.1) is 0 Å². The highest BCUT2D eigenvalue weighted by molar-refractivity contribution is 9.10. The summed E-state index contributed by atoms with van der Waals surface area (Å²) in [7, 11) is 0. The molecule has 0 unspecified atom stereocenters. The molecule has 1 aromatic heterocycles. The van der Waals surface area contributed by atoms with Crippen LogP contribution in [-0.2, 0) is 4.79 Å². The smallest absolute Gasteiger partial charge is 0.152 e. The number of carbonyl (C=O) groups is 1. The first kappa shape index (κ1) is 9.68. The zero-order valence-corrected chi connectivity index (χ0v) is 9.33. The summed E-state index contributed by atoms with van der Waals surface area (Å²) in [6, 6.07) is 2.01. The first-order valence-electron chi connectivity index (χ1n) is 3.53. The fraction of sp³-hybridized carbons (Fsp3) is 0.222. The maximum Gasteiger partial charge on any atom is 0.152 e. The summed E-state index contributed by atoms with van der Waals surface area (Å²) in [5, 5.41) is 2.01. The van der Waals surface area contributed by atoms with Gasteiger partial charge in [0.2, 0.25) is 0 Å². The SMILES string of the molecule is CC(=O)/C=C(/C)c1cc(Br)cs1. The van der Waals surface area contributed by atoms with Crippen LogP contribution in [0.3, 0.4) is 0 Å². The van der Waals surface area contributed by atoms with Gasteiger partial charge in [-0.2, -0.15) is 0 Å². The molecule has 1 aromatic rings. The van der Waals surface area contributed by atoms with Crippen molar-refractivity contribution in [1.29, 1.82) is 0 Å². The van der Waals surface area contributed by atoms with Crippen LogP contribution in [0.1, 0.15) is 18.7 Å². The molecule has 1 rings (SSSR count). The van der Waals surface area contributed by atoms with E-state index in [-0.39, 0.29) is 5.78 Å². The van der Waals surface area contributed by atoms with Gasteiger partial charge in [0.1, 0.15) is 0 Å². The molecule has 0 aliphatic carbocycles. The van der Waals surface area contributed by atoms with E-state index in [1.807, 2.05) is 18.4 Å². The van der Waals surface area contributed by atoms with E-state index < -0.39 is 0 Å². The van der Waals surface area contributed by atoms with Crippen LogP contribution in [0, 0.1) is 0 Å². The van der Waals surface area contributed by atoms with Crippen LogP contribution in [0.25, 0.3) is 5.57 Å². The quantitative estimate of drug-likeness (QED) is 0.729. The average Bonchev–Trinajstić information content (AvgIpc) is 2.34. The summed E-state index contributed by atoms with van der Waals surface area (Å²) >= 11 is 5.00. The van der Waals surface area contributed by atoms with Crippen LogP contribution in [0.5, 0.6) is 0 Å². The van der Waals surface area contributed by atoms with Gasteiger partial charge in [-0.15, -0.1) is 11.3 Å². The molecule has 1 heterocycles. The zero-order valence-electron chi connectivity index (χ0n) is 6.93. The summed E-state index contributed by atoms with van der Waals surface area (Å²) in [6.07, 6.45) is 1.65. The van der Waals surface area contributed by atoms with Gasteiger partial charge in [-0.3, -0.25) is 4.79 Å². The molecule has 1 nitrogen and oxygen atoms in total. The van der Waals surface area contributed by atoms with Crippen LogP contribution in [-0.4, -0.2) is 5.78 Å².